The molecule has 0 aromatic carbocycles. The first-order valence-corrected chi connectivity index (χ1v) is 12.1. The number of rotatable bonds is 1. The normalized spacial score (nSPS) is 31.2. The Labute approximate surface area is 172 Å². The van der Waals surface area contributed by atoms with Crippen molar-refractivity contribution in [2.75, 3.05) is 0 Å². The van der Waals surface area contributed by atoms with Crippen molar-refractivity contribution in [2.24, 2.45) is 21.7 Å². The number of thioether (sulfide) groups is 2. The Morgan fingerprint density at radius 1 is 0.538 bits per heavy atom. The molecule has 26 heavy (non-hydrogen) atoms. The summed E-state index contributed by atoms with van der Waals surface area (Å²) < 4.78 is 0. The molecule has 150 valence electrons. The standard InChI is InChI=1S/C24H42S2/c1-21(2,3)15-13-17(25-19(15)23(7,8)9)18-14-16(22(4,5)6)20(26-18)24(10,11)12/h13-14,17-20H,1-12H3/t17-,18+,19-,20-/m0/s1. The lowest BCUT2D eigenvalue weighted by Crippen LogP contribution is -2.29. The number of hydrogen-bond acceptors (Lipinski definition) is 2. The minimum absolute atomic E-state index is 0.253. The molecule has 0 aromatic heterocycles. The zero-order valence-electron chi connectivity index (χ0n) is 19.3. The van der Waals surface area contributed by atoms with Crippen molar-refractivity contribution in [3.05, 3.63) is 23.3 Å². The van der Waals surface area contributed by atoms with Crippen molar-refractivity contribution in [1.82, 2.24) is 0 Å². The summed E-state index contributed by atoms with van der Waals surface area (Å²) in [5, 5.41) is 2.44. The van der Waals surface area contributed by atoms with Gasteiger partial charge in [-0.15, -0.1) is 23.5 Å². The quantitative estimate of drug-likeness (QED) is 0.413. The average molecular weight is 395 g/mol. The molecule has 0 bridgehead atoms. The van der Waals surface area contributed by atoms with E-state index >= 15 is 0 Å². The second kappa shape index (κ2) is 6.90. The molecule has 2 aliphatic rings. The first-order valence-electron chi connectivity index (χ1n) is 10.2. The minimum Gasteiger partial charge on any atom is -0.144 e. The maximum absolute atomic E-state index is 2.64. The molecule has 0 unspecified atom stereocenters. The van der Waals surface area contributed by atoms with Gasteiger partial charge >= 0.3 is 0 Å². The molecule has 2 aliphatic heterocycles. The minimum atomic E-state index is 0.253. The van der Waals surface area contributed by atoms with E-state index in [0.29, 0.717) is 31.8 Å². The van der Waals surface area contributed by atoms with Crippen LogP contribution >= 0.6 is 23.5 Å². The Hall–Kier alpha value is 0.180. The Balaban J connectivity index is 2.37. The van der Waals surface area contributed by atoms with E-state index in [-0.39, 0.29) is 10.8 Å². The molecular formula is C24H42S2. The average Bonchev–Trinajstić information content (AvgIpc) is 3.00. The molecule has 2 heteroatoms. The summed E-state index contributed by atoms with van der Waals surface area (Å²) in [5.41, 5.74) is 4.44. The molecule has 4 atom stereocenters. The summed E-state index contributed by atoms with van der Waals surface area (Å²) in [6, 6.07) is 0. The van der Waals surface area contributed by atoms with Crippen LogP contribution in [0.2, 0.25) is 0 Å². The van der Waals surface area contributed by atoms with Crippen molar-refractivity contribution >= 4 is 23.5 Å². The summed E-state index contributed by atoms with van der Waals surface area (Å²) >= 11 is 4.43. The fourth-order valence-electron chi connectivity index (χ4n) is 4.04. The van der Waals surface area contributed by atoms with Crippen LogP contribution in [0.15, 0.2) is 23.3 Å². The number of hydrogen-bond donors (Lipinski definition) is 0. The highest BCUT2D eigenvalue weighted by atomic mass is 32.2. The Morgan fingerprint density at radius 2 is 0.808 bits per heavy atom. The lowest BCUT2D eigenvalue weighted by molar-refractivity contribution is 0.373. The van der Waals surface area contributed by atoms with Gasteiger partial charge in [0.1, 0.15) is 0 Å². The third-order valence-corrected chi connectivity index (χ3v) is 9.59. The van der Waals surface area contributed by atoms with E-state index in [1.54, 1.807) is 11.1 Å². The fourth-order valence-corrected chi connectivity index (χ4v) is 7.95. The molecule has 0 saturated heterocycles. The third-order valence-electron chi connectivity index (χ3n) is 5.47. The topological polar surface area (TPSA) is 0 Å². The van der Waals surface area contributed by atoms with E-state index in [0.717, 1.165) is 0 Å². The van der Waals surface area contributed by atoms with Crippen LogP contribution in [0, 0.1) is 21.7 Å². The maximum Gasteiger partial charge on any atom is 0.0391 e. The van der Waals surface area contributed by atoms with Crippen LogP contribution in [0.25, 0.3) is 0 Å². The fraction of sp³-hybridized carbons (Fsp3) is 0.833. The van der Waals surface area contributed by atoms with Gasteiger partial charge in [0.15, 0.2) is 0 Å². The van der Waals surface area contributed by atoms with Crippen LogP contribution in [0.3, 0.4) is 0 Å². The highest BCUT2D eigenvalue weighted by Gasteiger charge is 2.46. The summed E-state index contributed by atoms with van der Waals surface area (Å²) in [6.07, 6.45) is 5.28. The van der Waals surface area contributed by atoms with Crippen LogP contribution in [-0.4, -0.2) is 21.0 Å². The van der Waals surface area contributed by atoms with Crippen molar-refractivity contribution in [3.8, 4) is 0 Å². The Morgan fingerprint density at radius 3 is 0.962 bits per heavy atom. The Kier molecular flexibility index (Phi) is 5.97. The molecule has 0 radical (unpaired) electrons. The second-order valence-electron chi connectivity index (χ2n) is 12.4. The summed E-state index contributed by atoms with van der Waals surface area (Å²) in [7, 11) is 0. The first-order chi connectivity index (χ1) is 11.4. The molecule has 2 rings (SSSR count). The van der Waals surface area contributed by atoms with E-state index in [2.05, 4.69) is 119 Å². The van der Waals surface area contributed by atoms with Crippen LogP contribution in [0.4, 0.5) is 0 Å². The largest absolute Gasteiger partial charge is 0.144 e. The predicted molar refractivity (Wildman–Crippen MR) is 124 cm³/mol. The second-order valence-corrected chi connectivity index (χ2v) is 15.0. The summed E-state index contributed by atoms with van der Waals surface area (Å²) in [4.78, 5) is 0. The van der Waals surface area contributed by atoms with Crippen LogP contribution in [-0.2, 0) is 0 Å². The summed E-state index contributed by atoms with van der Waals surface area (Å²) in [5.74, 6) is 0. The molecule has 0 amide bonds. The zero-order chi connectivity index (χ0) is 20.3. The van der Waals surface area contributed by atoms with Gasteiger partial charge in [0.05, 0.1) is 0 Å². The van der Waals surface area contributed by atoms with Gasteiger partial charge in [-0.2, -0.15) is 0 Å². The molecule has 2 heterocycles. The van der Waals surface area contributed by atoms with E-state index < -0.39 is 0 Å². The molecule has 0 aliphatic carbocycles. The van der Waals surface area contributed by atoms with Crippen molar-refractivity contribution in [3.63, 3.8) is 0 Å². The maximum atomic E-state index is 2.64. The van der Waals surface area contributed by atoms with Crippen molar-refractivity contribution < 1.29 is 0 Å². The van der Waals surface area contributed by atoms with Gasteiger partial charge in [-0.1, -0.05) is 106 Å². The van der Waals surface area contributed by atoms with Gasteiger partial charge in [-0.05, 0) is 21.7 Å². The van der Waals surface area contributed by atoms with E-state index in [9.17, 15) is 0 Å². The molecule has 0 N–H and O–H groups in total. The third kappa shape index (κ3) is 4.77. The van der Waals surface area contributed by atoms with Gasteiger partial charge < -0.3 is 0 Å². The van der Waals surface area contributed by atoms with E-state index in [1.165, 1.54) is 0 Å². The predicted octanol–water partition coefficient (Wildman–Crippen LogP) is 7.99. The van der Waals surface area contributed by atoms with Crippen molar-refractivity contribution in [2.45, 2.75) is 104 Å². The highest BCUT2D eigenvalue weighted by Crippen LogP contribution is 2.56. The molecule has 0 spiro atoms. The molecular weight excluding hydrogens is 352 g/mol. The smallest absolute Gasteiger partial charge is 0.0391 e. The van der Waals surface area contributed by atoms with Gasteiger partial charge in [0, 0.05) is 21.0 Å². The summed E-state index contributed by atoms with van der Waals surface area (Å²) in [6.45, 7) is 28.7. The highest BCUT2D eigenvalue weighted by molar-refractivity contribution is 8.05. The van der Waals surface area contributed by atoms with E-state index in [1.807, 2.05) is 0 Å². The SMILES string of the molecule is CC(C)(C)C1=C[C@@H]([C@H]2C=C(C(C)(C)C)[C@@H](C(C)(C)C)S2)S[C@@H]1C(C)(C)C. The van der Waals surface area contributed by atoms with Gasteiger partial charge in [0.25, 0.3) is 0 Å². The molecule has 0 saturated carbocycles. The Bertz CT molecular complexity index is 528. The van der Waals surface area contributed by atoms with Gasteiger partial charge in [-0.3, -0.25) is 0 Å². The molecule has 0 aromatic rings. The van der Waals surface area contributed by atoms with Gasteiger partial charge in [0.2, 0.25) is 0 Å². The molecule has 0 fully saturated rings. The van der Waals surface area contributed by atoms with Crippen LogP contribution < -0.4 is 0 Å². The molecule has 0 nitrogen and oxygen atoms in total. The lowest BCUT2D eigenvalue weighted by Gasteiger charge is -2.36. The first kappa shape index (κ1) is 22.5. The van der Waals surface area contributed by atoms with E-state index in [4.69, 9.17) is 0 Å². The van der Waals surface area contributed by atoms with Crippen molar-refractivity contribution in [1.29, 1.82) is 0 Å². The monoisotopic (exact) mass is 394 g/mol. The zero-order valence-corrected chi connectivity index (χ0v) is 20.9. The van der Waals surface area contributed by atoms with Gasteiger partial charge in [-0.25, -0.2) is 0 Å². The van der Waals surface area contributed by atoms with Crippen LogP contribution in [0.5, 0.6) is 0 Å². The lowest BCUT2D eigenvalue weighted by atomic mass is 9.75. The van der Waals surface area contributed by atoms with Crippen LogP contribution in [0.1, 0.15) is 83.1 Å².